The Hall–Kier alpha value is -1.53. The second-order valence-corrected chi connectivity index (χ2v) is 11.1. The minimum absolute atomic E-state index is 0.0527. The van der Waals surface area contributed by atoms with Gasteiger partial charge in [-0.3, -0.25) is 4.72 Å². The van der Waals surface area contributed by atoms with Gasteiger partial charge in [-0.15, -0.1) is 0 Å². The first-order valence-electron chi connectivity index (χ1n) is 10.0. The zero-order valence-electron chi connectivity index (χ0n) is 17.2. The van der Waals surface area contributed by atoms with Gasteiger partial charge in [0.15, 0.2) is 10.3 Å². The van der Waals surface area contributed by atoms with E-state index in [0.717, 1.165) is 38.1 Å². The molecular formula is C19H27ClFN5O3S2. The number of anilines is 1. The molecule has 172 valence electrons. The lowest BCUT2D eigenvalue weighted by Gasteiger charge is -2.45. The van der Waals surface area contributed by atoms with Gasteiger partial charge in [-0.05, 0) is 50.6 Å². The van der Waals surface area contributed by atoms with Gasteiger partial charge in [-0.25, -0.2) is 18.4 Å². The van der Waals surface area contributed by atoms with Gasteiger partial charge in [-0.2, -0.15) is 4.39 Å². The van der Waals surface area contributed by atoms with Crippen LogP contribution in [-0.4, -0.2) is 37.6 Å². The Bertz CT molecular complexity index is 998. The molecule has 0 spiro atoms. The third kappa shape index (κ3) is 6.04. The van der Waals surface area contributed by atoms with E-state index < -0.39 is 15.2 Å². The summed E-state index contributed by atoms with van der Waals surface area (Å²) in [6, 6.07) is 1.15. The molecule has 2 atom stereocenters. The summed E-state index contributed by atoms with van der Waals surface area (Å²) in [5.74, 6) is 0.225. The van der Waals surface area contributed by atoms with Gasteiger partial charge in [0.25, 0.3) is 10.0 Å². The molecule has 2 heterocycles. The molecule has 31 heavy (non-hydrogen) atoms. The van der Waals surface area contributed by atoms with Crippen LogP contribution in [0.1, 0.15) is 39.0 Å². The van der Waals surface area contributed by atoms with E-state index in [4.69, 9.17) is 27.8 Å². The number of nitrogens with one attached hydrogen (secondary N) is 1. The number of sulfonamides is 1. The predicted octanol–water partition coefficient (Wildman–Crippen LogP) is 3.38. The number of hydrogen-bond donors (Lipinski definition) is 3. The van der Waals surface area contributed by atoms with Crippen molar-refractivity contribution in [2.24, 2.45) is 22.8 Å². The van der Waals surface area contributed by atoms with Crippen LogP contribution in [0.3, 0.4) is 0 Å². The number of ether oxygens (including phenoxy) is 1. The van der Waals surface area contributed by atoms with Gasteiger partial charge in [0.2, 0.25) is 5.88 Å². The summed E-state index contributed by atoms with van der Waals surface area (Å²) in [5, 5.41) is -0.635. The molecule has 0 bridgehead atoms. The summed E-state index contributed by atoms with van der Waals surface area (Å²) < 4.78 is 46.0. The Morgan fingerprint density at radius 3 is 2.65 bits per heavy atom. The number of thiazole rings is 1. The van der Waals surface area contributed by atoms with Crippen molar-refractivity contribution in [2.75, 3.05) is 17.9 Å². The van der Waals surface area contributed by atoms with E-state index in [1.165, 1.54) is 12.5 Å². The SMILES string of the molecule is C[C@@H](N)C(COc1ncc(S(=O)(=O)Nc2ncc(F)s2)cc1Cl)CC1(CCN)CCC1. The molecule has 1 fully saturated rings. The van der Waals surface area contributed by atoms with Crippen LogP contribution in [0, 0.1) is 16.5 Å². The van der Waals surface area contributed by atoms with Crippen molar-refractivity contribution in [1.82, 2.24) is 9.97 Å². The van der Waals surface area contributed by atoms with Gasteiger partial charge in [0.05, 0.1) is 19.0 Å². The van der Waals surface area contributed by atoms with E-state index in [-0.39, 0.29) is 38.3 Å². The summed E-state index contributed by atoms with van der Waals surface area (Å²) >= 11 is 6.81. The average Bonchev–Trinajstić information content (AvgIpc) is 3.07. The Labute approximate surface area is 190 Å². The average molecular weight is 492 g/mol. The first-order valence-corrected chi connectivity index (χ1v) is 12.7. The zero-order chi connectivity index (χ0) is 22.6. The van der Waals surface area contributed by atoms with Crippen LogP contribution in [-0.2, 0) is 10.0 Å². The molecule has 3 rings (SSSR count). The summed E-state index contributed by atoms with van der Waals surface area (Å²) in [6.07, 6.45) is 7.45. The standard InChI is InChI=1S/C19H27ClFN5O3S2/c1-12(23)13(8-19(5-6-22)3-2-4-19)11-29-17-15(20)7-14(9-24-17)31(27,28)26-18-25-10-16(21)30-18/h7,9-10,12-13H,2-6,8,11,22-23H2,1H3,(H,25,26)/t12-,13?/m1/s1. The van der Waals surface area contributed by atoms with Crippen molar-refractivity contribution >= 4 is 38.1 Å². The highest BCUT2D eigenvalue weighted by Gasteiger charge is 2.39. The first-order chi connectivity index (χ1) is 14.6. The molecule has 0 aromatic carbocycles. The number of pyridine rings is 1. The Kier molecular flexibility index (Phi) is 7.74. The number of rotatable bonds is 11. The van der Waals surface area contributed by atoms with Crippen molar-refractivity contribution in [3.8, 4) is 5.88 Å². The molecule has 1 saturated carbocycles. The fourth-order valence-electron chi connectivity index (χ4n) is 3.81. The van der Waals surface area contributed by atoms with Crippen molar-refractivity contribution in [3.05, 3.63) is 28.6 Å². The van der Waals surface area contributed by atoms with Crippen LogP contribution in [0.25, 0.3) is 0 Å². The largest absolute Gasteiger partial charge is 0.476 e. The van der Waals surface area contributed by atoms with Crippen LogP contribution >= 0.6 is 22.9 Å². The lowest BCUT2D eigenvalue weighted by molar-refractivity contribution is 0.0616. The Morgan fingerprint density at radius 2 is 2.13 bits per heavy atom. The van der Waals surface area contributed by atoms with Crippen LogP contribution in [0.2, 0.25) is 5.02 Å². The number of aromatic nitrogens is 2. The van der Waals surface area contributed by atoms with Gasteiger partial charge >= 0.3 is 0 Å². The highest BCUT2D eigenvalue weighted by atomic mass is 35.5. The molecular weight excluding hydrogens is 465 g/mol. The van der Waals surface area contributed by atoms with E-state index >= 15 is 0 Å². The minimum Gasteiger partial charge on any atom is -0.476 e. The first kappa shape index (κ1) is 24.1. The maximum Gasteiger partial charge on any atom is 0.265 e. The fraction of sp³-hybridized carbons (Fsp3) is 0.579. The van der Waals surface area contributed by atoms with Crippen molar-refractivity contribution < 1.29 is 17.5 Å². The highest BCUT2D eigenvalue weighted by molar-refractivity contribution is 7.93. The molecule has 0 amide bonds. The van der Waals surface area contributed by atoms with Gasteiger partial charge in [0.1, 0.15) is 9.92 Å². The third-order valence-corrected chi connectivity index (χ3v) is 8.16. The van der Waals surface area contributed by atoms with E-state index in [1.54, 1.807) is 0 Å². The van der Waals surface area contributed by atoms with Gasteiger partial charge in [0, 0.05) is 12.0 Å². The number of hydrogen-bond acceptors (Lipinski definition) is 8. The predicted molar refractivity (Wildman–Crippen MR) is 119 cm³/mol. The second-order valence-electron chi connectivity index (χ2n) is 8.06. The smallest absolute Gasteiger partial charge is 0.265 e. The van der Waals surface area contributed by atoms with Crippen LogP contribution in [0.15, 0.2) is 23.4 Å². The van der Waals surface area contributed by atoms with E-state index in [0.29, 0.717) is 24.5 Å². The molecule has 1 aliphatic rings. The molecule has 12 heteroatoms. The number of nitrogens with two attached hydrogens (primary N) is 2. The molecule has 0 saturated heterocycles. The molecule has 2 aromatic heterocycles. The molecule has 0 radical (unpaired) electrons. The van der Waals surface area contributed by atoms with E-state index in [2.05, 4.69) is 14.7 Å². The maximum atomic E-state index is 13.1. The molecule has 1 aliphatic carbocycles. The zero-order valence-corrected chi connectivity index (χ0v) is 19.6. The number of nitrogens with zero attached hydrogens (tertiary/aromatic N) is 2. The van der Waals surface area contributed by atoms with Crippen LogP contribution in [0.5, 0.6) is 5.88 Å². The summed E-state index contributed by atoms with van der Waals surface area (Å²) in [7, 11) is -4.01. The monoisotopic (exact) mass is 491 g/mol. The highest BCUT2D eigenvalue weighted by Crippen LogP contribution is 2.48. The molecule has 0 aliphatic heterocycles. The normalized spacial score (nSPS) is 17.6. The van der Waals surface area contributed by atoms with Gasteiger partial charge < -0.3 is 16.2 Å². The molecule has 1 unspecified atom stereocenters. The maximum absolute atomic E-state index is 13.1. The van der Waals surface area contributed by atoms with Crippen LogP contribution in [0.4, 0.5) is 9.52 Å². The molecule has 8 nitrogen and oxygen atoms in total. The fourth-order valence-corrected chi connectivity index (χ4v) is 5.86. The molecule has 2 aromatic rings. The van der Waals surface area contributed by atoms with E-state index in [1.807, 2.05) is 6.92 Å². The Balaban J connectivity index is 1.66. The van der Waals surface area contributed by atoms with Crippen molar-refractivity contribution in [2.45, 2.75) is 50.0 Å². The topological polar surface area (TPSA) is 133 Å². The minimum atomic E-state index is -4.01. The third-order valence-electron chi connectivity index (χ3n) is 5.75. The van der Waals surface area contributed by atoms with E-state index in [9.17, 15) is 12.8 Å². The lowest BCUT2D eigenvalue weighted by atomic mass is 9.62. The van der Waals surface area contributed by atoms with Crippen molar-refractivity contribution in [1.29, 1.82) is 0 Å². The Morgan fingerprint density at radius 1 is 1.39 bits per heavy atom. The second kappa shape index (κ2) is 9.95. The van der Waals surface area contributed by atoms with Crippen molar-refractivity contribution in [3.63, 3.8) is 0 Å². The lowest BCUT2D eigenvalue weighted by Crippen LogP contribution is -2.40. The summed E-state index contributed by atoms with van der Waals surface area (Å²) in [5.41, 5.74) is 12.2. The number of halogens is 2. The molecule has 5 N–H and O–H groups in total. The summed E-state index contributed by atoms with van der Waals surface area (Å²) in [6.45, 7) is 2.91. The van der Waals surface area contributed by atoms with Crippen LogP contribution < -0.4 is 20.9 Å². The van der Waals surface area contributed by atoms with Gasteiger partial charge in [-0.1, -0.05) is 29.4 Å². The quantitative estimate of drug-likeness (QED) is 0.438. The summed E-state index contributed by atoms with van der Waals surface area (Å²) in [4.78, 5) is 7.53.